The van der Waals surface area contributed by atoms with Gasteiger partial charge in [0.15, 0.2) is 11.8 Å². The zero-order chi connectivity index (χ0) is 16.8. The Labute approximate surface area is 139 Å². The van der Waals surface area contributed by atoms with E-state index in [9.17, 15) is 0 Å². The van der Waals surface area contributed by atoms with Gasteiger partial charge in [-0.3, -0.25) is 4.90 Å². The number of guanidine groups is 1. The second kappa shape index (κ2) is 8.29. The van der Waals surface area contributed by atoms with E-state index in [4.69, 9.17) is 4.99 Å². The van der Waals surface area contributed by atoms with Crippen LogP contribution >= 0.6 is 0 Å². The van der Waals surface area contributed by atoms with Crippen LogP contribution in [0.1, 0.15) is 32.4 Å². The number of nitrogens with zero attached hydrogens (tertiary/aromatic N) is 6. The first-order valence-corrected chi connectivity index (χ1v) is 8.61. The van der Waals surface area contributed by atoms with Crippen LogP contribution in [0.2, 0.25) is 0 Å². The Bertz CT molecular complexity index is 512. The average molecular weight is 321 g/mol. The van der Waals surface area contributed by atoms with Gasteiger partial charge in [0.2, 0.25) is 0 Å². The summed E-state index contributed by atoms with van der Waals surface area (Å²) in [5, 5.41) is 11.7. The van der Waals surface area contributed by atoms with Crippen LogP contribution in [-0.2, 0) is 13.6 Å². The van der Waals surface area contributed by atoms with Crippen LogP contribution < -0.4 is 5.32 Å². The molecule has 0 unspecified atom stereocenters. The molecule has 1 saturated heterocycles. The third kappa shape index (κ3) is 4.92. The van der Waals surface area contributed by atoms with Gasteiger partial charge in [0.1, 0.15) is 12.4 Å². The maximum atomic E-state index is 4.76. The van der Waals surface area contributed by atoms with Crippen molar-refractivity contribution in [3.63, 3.8) is 0 Å². The number of piperazine rings is 1. The SMILES string of the molecule is CCNC(=NCc1nnc(C)n1C)N1CCN(CC(C)C)CC1. The molecule has 1 N–H and O–H groups in total. The summed E-state index contributed by atoms with van der Waals surface area (Å²) in [4.78, 5) is 9.65. The van der Waals surface area contributed by atoms with Crippen LogP contribution in [0.5, 0.6) is 0 Å². The van der Waals surface area contributed by atoms with Crippen molar-refractivity contribution in [1.29, 1.82) is 0 Å². The lowest BCUT2D eigenvalue weighted by Gasteiger charge is -2.37. The normalized spacial score (nSPS) is 17.1. The molecule has 0 atom stereocenters. The lowest BCUT2D eigenvalue weighted by atomic mass is 10.2. The minimum atomic E-state index is 0.561. The molecule has 7 heteroatoms. The smallest absolute Gasteiger partial charge is 0.194 e. The van der Waals surface area contributed by atoms with E-state index in [-0.39, 0.29) is 0 Å². The Morgan fingerprint density at radius 2 is 1.91 bits per heavy atom. The van der Waals surface area contributed by atoms with Gasteiger partial charge in [-0.25, -0.2) is 4.99 Å². The first-order valence-electron chi connectivity index (χ1n) is 8.61. The zero-order valence-corrected chi connectivity index (χ0v) is 15.2. The predicted octanol–water partition coefficient (Wildman–Crippen LogP) is 0.863. The van der Waals surface area contributed by atoms with Gasteiger partial charge in [-0.15, -0.1) is 10.2 Å². The average Bonchev–Trinajstić information content (AvgIpc) is 2.83. The van der Waals surface area contributed by atoms with Crippen molar-refractivity contribution in [3.05, 3.63) is 11.6 Å². The minimum absolute atomic E-state index is 0.561. The molecule has 0 aliphatic carbocycles. The Morgan fingerprint density at radius 1 is 1.22 bits per heavy atom. The van der Waals surface area contributed by atoms with Crippen LogP contribution in [0.4, 0.5) is 0 Å². The molecule has 0 spiro atoms. The number of aryl methyl sites for hydroxylation is 1. The van der Waals surface area contributed by atoms with Crippen molar-refractivity contribution in [2.75, 3.05) is 39.3 Å². The Kier molecular flexibility index (Phi) is 6.38. The fourth-order valence-corrected chi connectivity index (χ4v) is 2.82. The summed E-state index contributed by atoms with van der Waals surface area (Å²) in [5.74, 6) is 3.53. The molecule has 1 aliphatic heterocycles. The molecule has 7 nitrogen and oxygen atoms in total. The number of hydrogen-bond acceptors (Lipinski definition) is 4. The number of hydrogen-bond donors (Lipinski definition) is 1. The second-order valence-electron chi connectivity index (χ2n) is 6.57. The molecule has 0 radical (unpaired) electrons. The molecule has 0 bridgehead atoms. The van der Waals surface area contributed by atoms with Gasteiger partial charge in [0.05, 0.1) is 0 Å². The zero-order valence-electron chi connectivity index (χ0n) is 15.2. The third-order valence-electron chi connectivity index (χ3n) is 4.18. The highest BCUT2D eigenvalue weighted by Crippen LogP contribution is 2.07. The van der Waals surface area contributed by atoms with Crippen molar-refractivity contribution in [2.45, 2.75) is 34.2 Å². The molecule has 1 aromatic heterocycles. The summed E-state index contributed by atoms with van der Waals surface area (Å²) < 4.78 is 1.99. The van der Waals surface area contributed by atoms with E-state index in [1.54, 1.807) is 0 Å². The summed E-state index contributed by atoms with van der Waals surface area (Å²) in [6, 6.07) is 0. The molecule has 0 saturated carbocycles. The number of rotatable bonds is 5. The van der Waals surface area contributed by atoms with Crippen LogP contribution in [-0.4, -0.2) is 69.8 Å². The van der Waals surface area contributed by atoms with E-state index in [0.29, 0.717) is 6.54 Å². The monoisotopic (exact) mass is 321 g/mol. The van der Waals surface area contributed by atoms with Crippen molar-refractivity contribution in [1.82, 2.24) is 29.9 Å². The van der Waals surface area contributed by atoms with Crippen LogP contribution in [0.25, 0.3) is 0 Å². The third-order valence-corrected chi connectivity index (χ3v) is 4.18. The predicted molar refractivity (Wildman–Crippen MR) is 93.4 cm³/mol. The summed E-state index contributed by atoms with van der Waals surface area (Å²) in [5.41, 5.74) is 0. The molecule has 0 amide bonds. The van der Waals surface area contributed by atoms with E-state index in [1.165, 1.54) is 6.54 Å². The van der Waals surface area contributed by atoms with Crippen molar-refractivity contribution >= 4 is 5.96 Å². The fourth-order valence-electron chi connectivity index (χ4n) is 2.82. The Morgan fingerprint density at radius 3 is 2.43 bits per heavy atom. The maximum absolute atomic E-state index is 4.76. The molecule has 23 heavy (non-hydrogen) atoms. The van der Waals surface area contributed by atoms with Crippen molar-refractivity contribution in [3.8, 4) is 0 Å². The summed E-state index contributed by atoms with van der Waals surface area (Å²) >= 11 is 0. The van der Waals surface area contributed by atoms with Gasteiger partial charge in [-0.1, -0.05) is 13.8 Å². The van der Waals surface area contributed by atoms with Gasteiger partial charge in [-0.05, 0) is 19.8 Å². The van der Waals surface area contributed by atoms with E-state index >= 15 is 0 Å². The van der Waals surface area contributed by atoms with E-state index in [2.05, 4.69) is 46.1 Å². The molecule has 0 aromatic carbocycles. The molecule has 130 valence electrons. The van der Waals surface area contributed by atoms with Gasteiger partial charge in [0.25, 0.3) is 0 Å². The fraction of sp³-hybridized carbons (Fsp3) is 0.812. The van der Waals surface area contributed by atoms with Crippen LogP contribution in [0, 0.1) is 12.8 Å². The van der Waals surface area contributed by atoms with Gasteiger partial charge in [-0.2, -0.15) is 0 Å². The number of nitrogens with one attached hydrogen (secondary N) is 1. The number of aromatic nitrogens is 3. The highest BCUT2D eigenvalue weighted by Gasteiger charge is 2.20. The van der Waals surface area contributed by atoms with Crippen LogP contribution in [0.3, 0.4) is 0 Å². The lowest BCUT2D eigenvalue weighted by Crippen LogP contribution is -2.53. The molecule has 1 aromatic rings. The standard InChI is InChI=1S/C16H31N7/c1-6-17-16(18-11-15-20-19-14(4)21(15)5)23-9-7-22(8-10-23)12-13(2)3/h13H,6-12H2,1-5H3,(H,17,18). The minimum Gasteiger partial charge on any atom is -0.357 e. The number of aliphatic imine (C=N–C) groups is 1. The molecule has 2 rings (SSSR count). The molecular formula is C16H31N7. The highest BCUT2D eigenvalue weighted by molar-refractivity contribution is 5.80. The molecular weight excluding hydrogens is 290 g/mol. The van der Waals surface area contributed by atoms with Gasteiger partial charge in [0, 0.05) is 46.3 Å². The quantitative estimate of drug-likeness (QED) is 0.644. The van der Waals surface area contributed by atoms with Crippen LogP contribution in [0.15, 0.2) is 4.99 Å². The van der Waals surface area contributed by atoms with Crippen molar-refractivity contribution in [2.24, 2.45) is 18.0 Å². The van der Waals surface area contributed by atoms with Gasteiger partial charge < -0.3 is 14.8 Å². The second-order valence-corrected chi connectivity index (χ2v) is 6.57. The molecule has 1 aliphatic rings. The molecule has 1 fully saturated rings. The maximum Gasteiger partial charge on any atom is 0.194 e. The summed E-state index contributed by atoms with van der Waals surface area (Å²) in [7, 11) is 1.98. The summed E-state index contributed by atoms with van der Waals surface area (Å²) in [6.07, 6.45) is 0. The first-order chi connectivity index (χ1) is 11.0. The van der Waals surface area contributed by atoms with Gasteiger partial charge >= 0.3 is 0 Å². The Hall–Kier alpha value is -1.63. The summed E-state index contributed by atoms with van der Waals surface area (Å²) in [6.45, 7) is 15.5. The van der Waals surface area contributed by atoms with E-state index in [0.717, 1.165) is 56.3 Å². The lowest BCUT2D eigenvalue weighted by molar-refractivity contribution is 0.164. The first kappa shape index (κ1) is 17.7. The van der Waals surface area contributed by atoms with Crippen molar-refractivity contribution < 1.29 is 0 Å². The highest BCUT2D eigenvalue weighted by atomic mass is 15.4. The van der Waals surface area contributed by atoms with E-state index < -0.39 is 0 Å². The topological polar surface area (TPSA) is 61.6 Å². The molecule has 2 heterocycles. The Balaban J connectivity index is 1.96. The van der Waals surface area contributed by atoms with E-state index in [1.807, 2.05) is 18.5 Å². The largest absolute Gasteiger partial charge is 0.357 e.